The second kappa shape index (κ2) is 7.51. The molecule has 2 atom stereocenters. The van der Waals surface area contributed by atoms with Gasteiger partial charge in [0.2, 0.25) is 0 Å². The zero-order valence-corrected chi connectivity index (χ0v) is 14.4. The van der Waals surface area contributed by atoms with E-state index < -0.39 is 0 Å². The van der Waals surface area contributed by atoms with Crippen molar-refractivity contribution in [3.8, 4) is 11.8 Å². The van der Waals surface area contributed by atoms with Crippen LogP contribution >= 0.6 is 0 Å². The number of methoxy groups -OCH3 is 1. The summed E-state index contributed by atoms with van der Waals surface area (Å²) in [5.41, 5.74) is 3.81. The van der Waals surface area contributed by atoms with Gasteiger partial charge >= 0.3 is 0 Å². The summed E-state index contributed by atoms with van der Waals surface area (Å²) >= 11 is 0. The van der Waals surface area contributed by atoms with Gasteiger partial charge in [-0.3, -0.25) is 4.90 Å². The van der Waals surface area contributed by atoms with Gasteiger partial charge in [-0.1, -0.05) is 48.0 Å². The van der Waals surface area contributed by atoms with Gasteiger partial charge in [-0.2, -0.15) is 5.26 Å². The summed E-state index contributed by atoms with van der Waals surface area (Å²) < 4.78 is 5.59. The maximum absolute atomic E-state index is 9.25. The van der Waals surface area contributed by atoms with Crippen molar-refractivity contribution in [3.05, 3.63) is 65.2 Å². The Morgan fingerprint density at radius 1 is 1.17 bits per heavy atom. The number of hydrogen-bond acceptors (Lipinski definition) is 3. The number of aryl methyl sites for hydroxylation is 1. The molecule has 0 amide bonds. The lowest BCUT2D eigenvalue weighted by molar-refractivity contribution is 0.316. The van der Waals surface area contributed by atoms with E-state index in [1.54, 1.807) is 7.11 Å². The summed E-state index contributed by atoms with van der Waals surface area (Å²) in [5, 5.41) is 9.25. The van der Waals surface area contributed by atoms with Gasteiger partial charge in [0, 0.05) is 32.0 Å². The normalized spacial score (nSPS) is 20.7. The number of nitriles is 1. The lowest BCUT2D eigenvalue weighted by Crippen LogP contribution is -2.20. The first-order valence-corrected chi connectivity index (χ1v) is 8.49. The molecule has 24 heavy (non-hydrogen) atoms. The van der Waals surface area contributed by atoms with E-state index in [9.17, 15) is 5.26 Å². The molecule has 2 aromatic carbocycles. The van der Waals surface area contributed by atoms with Crippen molar-refractivity contribution < 1.29 is 4.74 Å². The molecule has 1 fully saturated rings. The van der Waals surface area contributed by atoms with Crippen LogP contribution in [0.4, 0.5) is 0 Å². The van der Waals surface area contributed by atoms with E-state index in [0.717, 1.165) is 25.4 Å². The van der Waals surface area contributed by atoms with Crippen LogP contribution in [0.5, 0.6) is 5.75 Å². The van der Waals surface area contributed by atoms with Crippen LogP contribution in [-0.2, 0) is 6.54 Å². The molecule has 1 heterocycles. The Kier molecular flexibility index (Phi) is 5.17. The van der Waals surface area contributed by atoms with E-state index >= 15 is 0 Å². The molecule has 0 saturated carbocycles. The summed E-state index contributed by atoms with van der Waals surface area (Å²) in [6, 6.07) is 19.3. The van der Waals surface area contributed by atoms with Crippen LogP contribution in [0.1, 0.15) is 29.0 Å². The molecule has 0 spiro atoms. The predicted octanol–water partition coefficient (Wildman–Crippen LogP) is 4.13. The van der Waals surface area contributed by atoms with Gasteiger partial charge in [-0.25, -0.2) is 0 Å². The first-order valence-electron chi connectivity index (χ1n) is 8.49. The topological polar surface area (TPSA) is 36.3 Å². The molecule has 3 nitrogen and oxygen atoms in total. The number of benzene rings is 2. The summed E-state index contributed by atoms with van der Waals surface area (Å²) in [6.45, 7) is 4.98. The zero-order chi connectivity index (χ0) is 16.9. The quantitative estimate of drug-likeness (QED) is 0.831. The molecule has 3 rings (SSSR count). The first-order chi connectivity index (χ1) is 11.7. The van der Waals surface area contributed by atoms with Gasteiger partial charge in [-0.15, -0.1) is 0 Å². The first kappa shape index (κ1) is 16.5. The van der Waals surface area contributed by atoms with Crippen molar-refractivity contribution in [2.24, 2.45) is 5.92 Å². The maximum atomic E-state index is 9.25. The van der Waals surface area contributed by atoms with Crippen molar-refractivity contribution in [2.75, 3.05) is 20.2 Å². The van der Waals surface area contributed by atoms with E-state index in [0.29, 0.717) is 18.3 Å². The summed E-state index contributed by atoms with van der Waals surface area (Å²) in [7, 11) is 1.73. The number of nitrogens with zero attached hydrogens (tertiary/aromatic N) is 2. The Morgan fingerprint density at radius 3 is 2.67 bits per heavy atom. The van der Waals surface area contributed by atoms with Crippen molar-refractivity contribution in [1.29, 1.82) is 5.26 Å². The maximum Gasteiger partial charge on any atom is 0.122 e. The predicted molar refractivity (Wildman–Crippen MR) is 95.9 cm³/mol. The van der Waals surface area contributed by atoms with Gasteiger partial charge < -0.3 is 4.74 Å². The molecule has 0 aromatic heterocycles. The van der Waals surface area contributed by atoms with Crippen LogP contribution in [0.15, 0.2) is 48.5 Å². The van der Waals surface area contributed by atoms with Crippen LogP contribution in [0, 0.1) is 24.2 Å². The zero-order valence-electron chi connectivity index (χ0n) is 14.4. The smallest absolute Gasteiger partial charge is 0.122 e. The van der Waals surface area contributed by atoms with Crippen molar-refractivity contribution in [1.82, 2.24) is 4.90 Å². The second-order valence-corrected chi connectivity index (χ2v) is 6.65. The summed E-state index contributed by atoms with van der Waals surface area (Å²) in [4.78, 5) is 2.46. The molecule has 3 heteroatoms. The van der Waals surface area contributed by atoms with Crippen LogP contribution in [0.2, 0.25) is 0 Å². The Hall–Kier alpha value is -2.31. The highest BCUT2D eigenvalue weighted by Crippen LogP contribution is 2.39. The molecule has 1 aliphatic heterocycles. The largest absolute Gasteiger partial charge is 0.496 e. The molecular weight excluding hydrogens is 296 g/mol. The van der Waals surface area contributed by atoms with E-state index in [1.807, 2.05) is 12.1 Å². The average molecular weight is 320 g/mol. The average Bonchev–Trinajstić information content (AvgIpc) is 2.98. The fourth-order valence-corrected chi connectivity index (χ4v) is 3.75. The standard InChI is InChI=1S/C21H24N2O/c1-16-8-9-21(24-2)19(12-16)20-15-23(14-18(20)10-11-22)13-17-6-4-3-5-7-17/h3-9,12,18,20H,10,13-15H2,1-2H3. The molecule has 124 valence electrons. The number of rotatable bonds is 5. The minimum Gasteiger partial charge on any atom is -0.496 e. The van der Waals surface area contributed by atoms with Crippen LogP contribution in [0.25, 0.3) is 0 Å². The second-order valence-electron chi connectivity index (χ2n) is 6.65. The fraction of sp³-hybridized carbons (Fsp3) is 0.381. The van der Waals surface area contributed by atoms with Gasteiger partial charge in [-0.05, 0) is 30.0 Å². The van der Waals surface area contributed by atoms with Crippen molar-refractivity contribution >= 4 is 0 Å². The fourth-order valence-electron chi connectivity index (χ4n) is 3.75. The third-order valence-electron chi connectivity index (χ3n) is 4.90. The minimum atomic E-state index is 0.350. The molecule has 0 bridgehead atoms. The highest BCUT2D eigenvalue weighted by atomic mass is 16.5. The molecular formula is C21H24N2O. The SMILES string of the molecule is COc1ccc(C)cc1C1CN(Cc2ccccc2)CC1CC#N. The molecule has 0 radical (unpaired) electrons. The van der Waals surface area contributed by atoms with Crippen LogP contribution in [0.3, 0.4) is 0 Å². The number of likely N-dealkylation sites (tertiary alicyclic amines) is 1. The molecule has 0 aliphatic carbocycles. The van der Waals surface area contributed by atoms with Crippen LogP contribution < -0.4 is 4.74 Å². The monoisotopic (exact) mass is 320 g/mol. The van der Waals surface area contributed by atoms with Gasteiger partial charge in [0.15, 0.2) is 0 Å². The third kappa shape index (κ3) is 3.60. The van der Waals surface area contributed by atoms with Gasteiger partial charge in [0.05, 0.1) is 13.2 Å². The van der Waals surface area contributed by atoms with Gasteiger partial charge in [0.25, 0.3) is 0 Å². The van der Waals surface area contributed by atoms with Gasteiger partial charge in [0.1, 0.15) is 5.75 Å². The number of ether oxygens (including phenoxy) is 1. The highest BCUT2D eigenvalue weighted by Gasteiger charge is 2.35. The third-order valence-corrected chi connectivity index (χ3v) is 4.90. The molecule has 2 unspecified atom stereocenters. The van der Waals surface area contributed by atoms with Crippen molar-refractivity contribution in [2.45, 2.75) is 25.8 Å². The molecule has 1 saturated heterocycles. The van der Waals surface area contributed by atoms with E-state index in [-0.39, 0.29) is 0 Å². The molecule has 1 aliphatic rings. The Labute approximate surface area is 144 Å². The van der Waals surface area contributed by atoms with E-state index in [4.69, 9.17) is 4.74 Å². The van der Waals surface area contributed by atoms with E-state index in [1.165, 1.54) is 16.7 Å². The summed E-state index contributed by atoms with van der Waals surface area (Å²) in [5.74, 6) is 1.65. The number of hydrogen-bond donors (Lipinski definition) is 0. The van der Waals surface area contributed by atoms with Crippen molar-refractivity contribution in [3.63, 3.8) is 0 Å². The lowest BCUT2D eigenvalue weighted by Gasteiger charge is -2.20. The lowest BCUT2D eigenvalue weighted by atomic mass is 9.86. The highest BCUT2D eigenvalue weighted by molar-refractivity contribution is 5.40. The molecule has 2 aromatic rings. The molecule has 0 N–H and O–H groups in total. The Bertz CT molecular complexity index is 720. The van der Waals surface area contributed by atoms with E-state index in [2.05, 4.69) is 54.3 Å². The van der Waals surface area contributed by atoms with Crippen LogP contribution in [-0.4, -0.2) is 25.1 Å². The minimum absolute atomic E-state index is 0.350. The Balaban J connectivity index is 1.84. The summed E-state index contributed by atoms with van der Waals surface area (Å²) in [6.07, 6.45) is 0.590. The Morgan fingerprint density at radius 2 is 1.96 bits per heavy atom.